The van der Waals surface area contributed by atoms with Crippen LogP contribution in [0.1, 0.15) is 46.0 Å². The Balaban J connectivity index is 2.13. The highest BCUT2D eigenvalue weighted by molar-refractivity contribution is 7.89. The van der Waals surface area contributed by atoms with Crippen LogP contribution in [0, 0.1) is 10.1 Å². The monoisotopic (exact) mass is 367 g/mol. The molecule has 0 atom stereocenters. The van der Waals surface area contributed by atoms with Gasteiger partial charge in [-0.1, -0.05) is 11.6 Å². The zero-order chi connectivity index (χ0) is 18.4. The summed E-state index contributed by atoms with van der Waals surface area (Å²) in [5, 5.41) is 14.4. The number of anilines is 1. The van der Waals surface area contributed by atoms with Crippen LogP contribution in [0.4, 0.5) is 11.4 Å². The van der Waals surface area contributed by atoms with Gasteiger partial charge in [-0.2, -0.15) is 0 Å². The molecule has 0 fully saturated rings. The van der Waals surface area contributed by atoms with E-state index in [-0.39, 0.29) is 16.6 Å². The topological polar surface area (TPSA) is 101 Å². The van der Waals surface area contributed by atoms with Crippen molar-refractivity contribution in [2.24, 2.45) is 0 Å². The van der Waals surface area contributed by atoms with E-state index in [2.05, 4.69) is 16.1 Å². The third-order valence-corrected chi connectivity index (χ3v) is 5.67. The Morgan fingerprint density at radius 1 is 1.28 bits per heavy atom. The van der Waals surface area contributed by atoms with Gasteiger partial charge in [0.2, 0.25) is 10.0 Å². The van der Waals surface area contributed by atoms with E-state index in [9.17, 15) is 18.5 Å². The summed E-state index contributed by atoms with van der Waals surface area (Å²) in [4.78, 5) is 10.7. The lowest BCUT2D eigenvalue weighted by molar-refractivity contribution is -0.384. The van der Waals surface area contributed by atoms with Crippen LogP contribution in [0.5, 0.6) is 0 Å². The minimum absolute atomic E-state index is 0.103. The third-order valence-electron chi connectivity index (χ3n) is 4.01. The van der Waals surface area contributed by atoms with Gasteiger partial charge in [-0.25, -0.2) is 13.1 Å². The fourth-order valence-corrected chi connectivity index (χ4v) is 4.12. The molecule has 2 rings (SSSR count). The molecule has 138 valence electrons. The summed E-state index contributed by atoms with van der Waals surface area (Å²) in [6.07, 6.45) is 7.69. The Bertz CT molecular complexity index is 757. The van der Waals surface area contributed by atoms with Crippen LogP contribution in [-0.2, 0) is 10.0 Å². The molecule has 0 unspecified atom stereocenters. The molecule has 1 aliphatic rings. The van der Waals surface area contributed by atoms with Crippen molar-refractivity contribution < 1.29 is 13.3 Å². The Hall–Kier alpha value is -1.93. The van der Waals surface area contributed by atoms with Crippen molar-refractivity contribution in [2.45, 2.75) is 56.9 Å². The molecule has 7 nitrogen and oxygen atoms in total. The summed E-state index contributed by atoms with van der Waals surface area (Å²) in [6.45, 7) is 3.98. The molecule has 2 N–H and O–H groups in total. The van der Waals surface area contributed by atoms with E-state index in [4.69, 9.17) is 0 Å². The van der Waals surface area contributed by atoms with Gasteiger partial charge in [0.25, 0.3) is 5.69 Å². The van der Waals surface area contributed by atoms with Gasteiger partial charge in [0, 0.05) is 18.7 Å². The number of hydrogen-bond donors (Lipinski definition) is 2. The number of rotatable bonds is 8. The number of hydrogen-bond acceptors (Lipinski definition) is 5. The van der Waals surface area contributed by atoms with E-state index in [1.54, 1.807) is 13.8 Å². The molecule has 0 saturated heterocycles. The van der Waals surface area contributed by atoms with Crippen LogP contribution in [0.15, 0.2) is 34.7 Å². The molecule has 0 aliphatic heterocycles. The van der Waals surface area contributed by atoms with Crippen molar-refractivity contribution in [3.63, 3.8) is 0 Å². The molecule has 25 heavy (non-hydrogen) atoms. The molecule has 0 bridgehead atoms. The Kier molecular flexibility index (Phi) is 6.55. The molecule has 0 radical (unpaired) electrons. The van der Waals surface area contributed by atoms with Crippen LogP contribution < -0.4 is 10.0 Å². The first-order chi connectivity index (χ1) is 11.8. The number of nitrogens with one attached hydrogen (secondary N) is 2. The lowest BCUT2D eigenvalue weighted by Gasteiger charge is -2.14. The molecule has 8 heteroatoms. The third kappa shape index (κ3) is 5.54. The van der Waals surface area contributed by atoms with E-state index in [1.807, 2.05) is 0 Å². The van der Waals surface area contributed by atoms with E-state index in [0.29, 0.717) is 12.2 Å². The number of nitro groups is 1. The summed E-state index contributed by atoms with van der Waals surface area (Å²) in [5.41, 5.74) is 1.48. The summed E-state index contributed by atoms with van der Waals surface area (Å²) in [6, 6.07) is 3.67. The molecular formula is C17H25N3O4S. The maximum atomic E-state index is 12.2. The summed E-state index contributed by atoms with van der Waals surface area (Å²) in [5.74, 6) is 0. The zero-order valence-electron chi connectivity index (χ0n) is 14.6. The molecule has 0 amide bonds. The Labute approximate surface area is 148 Å². The van der Waals surface area contributed by atoms with Crippen LogP contribution in [0.25, 0.3) is 0 Å². The molecular weight excluding hydrogens is 342 g/mol. The summed E-state index contributed by atoms with van der Waals surface area (Å²) in [7, 11) is -3.76. The average Bonchev–Trinajstić information content (AvgIpc) is 2.54. The quantitative estimate of drug-likeness (QED) is 0.415. The van der Waals surface area contributed by atoms with Crippen molar-refractivity contribution in [3.8, 4) is 0 Å². The SMILES string of the molecule is CC(C)NS(=O)(=O)c1ccc(NCCC2=CCCCC2)c([N+](=O)[O-])c1. The Morgan fingerprint density at radius 2 is 2.04 bits per heavy atom. The molecule has 1 aromatic carbocycles. The highest BCUT2D eigenvalue weighted by atomic mass is 32.2. The minimum atomic E-state index is -3.76. The zero-order valence-corrected chi connectivity index (χ0v) is 15.4. The minimum Gasteiger partial charge on any atom is -0.379 e. The fourth-order valence-electron chi connectivity index (χ4n) is 2.85. The summed E-state index contributed by atoms with van der Waals surface area (Å²) >= 11 is 0. The smallest absolute Gasteiger partial charge is 0.293 e. The van der Waals surface area contributed by atoms with E-state index < -0.39 is 14.9 Å². The van der Waals surface area contributed by atoms with Gasteiger partial charge in [0.05, 0.1) is 9.82 Å². The Morgan fingerprint density at radius 3 is 2.64 bits per heavy atom. The van der Waals surface area contributed by atoms with Crippen LogP contribution in [-0.4, -0.2) is 25.9 Å². The van der Waals surface area contributed by atoms with Gasteiger partial charge >= 0.3 is 0 Å². The van der Waals surface area contributed by atoms with E-state index in [0.717, 1.165) is 25.3 Å². The van der Waals surface area contributed by atoms with Gasteiger partial charge < -0.3 is 5.32 Å². The van der Waals surface area contributed by atoms with Crippen LogP contribution >= 0.6 is 0 Å². The molecule has 0 aromatic heterocycles. The number of nitrogens with zero attached hydrogens (tertiary/aromatic N) is 1. The second-order valence-electron chi connectivity index (χ2n) is 6.50. The average molecular weight is 367 g/mol. The highest BCUT2D eigenvalue weighted by Crippen LogP contribution is 2.28. The first-order valence-corrected chi connectivity index (χ1v) is 10.0. The lowest BCUT2D eigenvalue weighted by Crippen LogP contribution is -2.30. The maximum absolute atomic E-state index is 12.2. The maximum Gasteiger partial charge on any atom is 0.293 e. The normalized spacial score (nSPS) is 15.1. The molecule has 1 aromatic rings. The largest absolute Gasteiger partial charge is 0.379 e. The van der Waals surface area contributed by atoms with Crippen LogP contribution in [0.2, 0.25) is 0 Å². The molecule has 0 heterocycles. The molecule has 0 spiro atoms. The van der Waals surface area contributed by atoms with Crippen molar-refractivity contribution in [1.82, 2.24) is 4.72 Å². The number of sulfonamides is 1. The molecule has 1 aliphatic carbocycles. The second-order valence-corrected chi connectivity index (χ2v) is 8.21. The van der Waals surface area contributed by atoms with Gasteiger partial charge in [-0.3, -0.25) is 10.1 Å². The van der Waals surface area contributed by atoms with Gasteiger partial charge in [0.1, 0.15) is 5.69 Å². The predicted molar refractivity (Wildman–Crippen MR) is 98.2 cm³/mol. The first-order valence-electron chi connectivity index (χ1n) is 8.52. The standard InChI is InChI=1S/C17H25N3O4S/c1-13(2)19-25(23,24)15-8-9-16(17(12-15)20(21)22)18-11-10-14-6-4-3-5-7-14/h6,8-9,12-13,18-19H,3-5,7,10-11H2,1-2H3. The van der Waals surface area contributed by atoms with Crippen molar-refractivity contribution >= 4 is 21.4 Å². The predicted octanol–water partition coefficient (Wildman–Crippen LogP) is 3.58. The van der Waals surface area contributed by atoms with Crippen molar-refractivity contribution in [1.29, 1.82) is 0 Å². The number of nitro benzene ring substituents is 1. The van der Waals surface area contributed by atoms with Crippen molar-refractivity contribution in [3.05, 3.63) is 40.0 Å². The van der Waals surface area contributed by atoms with E-state index in [1.165, 1.54) is 30.5 Å². The summed E-state index contributed by atoms with van der Waals surface area (Å²) < 4.78 is 26.8. The number of benzene rings is 1. The molecule has 0 saturated carbocycles. The van der Waals surface area contributed by atoms with E-state index >= 15 is 0 Å². The van der Waals surface area contributed by atoms with Crippen molar-refractivity contribution in [2.75, 3.05) is 11.9 Å². The lowest BCUT2D eigenvalue weighted by atomic mass is 9.97. The second kappa shape index (κ2) is 8.44. The van der Waals surface area contributed by atoms with Gasteiger partial charge in [-0.15, -0.1) is 0 Å². The van der Waals surface area contributed by atoms with Gasteiger partial charge in [0.15, 0.2) is 0 Å². The van der Waals surface area contributed by atoms with Gasteiger partial charge in [-0.05, 0) is 58.1 Å². The van der Waals surface area contributed by atoms with Crippen LogP contribution in [0.3, 0.4) is 0 Å². The fraction of sp³-hybridized carbons (Fsp3) is 0.529. The highest BCUT2D eigenvalue weighted by Gasteiger charge is 2.22. The number of allylic oxidation sites excluding steroid dienone is 1. The first kappa shape index (κ1) is 19.4.